The van der Waals surface area contributed by atoms with Crippen LogP contribution in [0.3, 0.4) is 0 Å². The van der Waals surface area contributed by atoms with Gasteiger partial charge >= 0.3 is 0 Å². The SMILES string of the molecule is CCN(Cc1ccc(C(=O)N(C)C)cc1)C(=O)c1cccc(S(=O)(=O)NCCOC)c1. The first kappa shape index (κ1) is 24.5. The highest BCUT2D eigenvalue weighted by Crippen LogP contribution is 2.16. The first-order chi connectivity index (χ1) is 14.7. The summed E-state index contributed by atoms with van der Waals surface area (Å²) in [4.78, 5) is 28.2. The van der Waals surface area contributed by atoms with Crippen molar-refractivity contribution in [3.63, 3.8) is 0 Å². The molecule has 31 heavy (non-hydrogen) atoms. The zero-order chi connectivity index (χ0) is 23.0. The summed E-state index contributed by atoms with van der Waals surface area (Å²) in [5, 5.41) is 0. The van der Waals surface area contributed by atoms with Crippen molar-refractivity contribution in [2.24, 2.45) is 0 Å². The summed E-state index contributed by atoms with van der Waals surface area (Å²) in [5.74, 6) is -0.364. The van der Waals surface area contributed by atoms with Crippen LogP contribution in [0.5, 0.6) is 0 Å². The van der Waals surface area contributed by atoms with E-state index in [2.05, 4.69) is 4.72 Å². The number of rotatable bonds is 10. The van der Waals surface area contributed by atoms with E-state index >= 15 is 0 Å². The van der Waals surface area contributed by atoms with E-state index < -0.39 is 10.0 Å². The summed E-state index contributed by atoms with van der Waals surface area (Å²) < 4.78 is 32.1. The van der Waals surface area contributed by atoms with Gasteiger partial charge in [0.2, 0.25) is 10.0 Å². The van der Waals surface area contributed by atoms with Crippen LogP contribution >= 0.6 is 0 Å². The molecule has 2 aromatic carbocycles. The van der Waals surface area contributed by atoms with Crippen molar-refractivity contribution in [1.29, 1.82) is 0 Å². The monoisotopic (exact) mass is 447 g/mol. The molecule has 0 unspecified atom stereocenters. The molecule has 0 saturated carbocycles. The number of hydrogen-bond acceptors (Lipinski definition) is 5. The van der Waals surface area contributed by atoms with E-state index in [1.54, 1.807) is 43.3 Å². The van der Waals surface area contributed by atoms with Crippen molar-refractivity contribution in [1.82, 2.24) is 14.5 Å². The molecule has 168 valence electrons. The maximum atomic E-state index is 13.0. The van der Waals surface area contributed by atoms with Crippen molar-refractivity contribution in [2.45, 2.75) is 18.4 Å². The van der Waals surface area contributed by atoms with Gasteiger partial charge in [0.25, 0.3) is 11.8 Å². The normalized spacial score (nSPS) is 11.2. The number of nitrogens with zero attached hydrogens (tertiary/aromatic N) is 2. The van der Waals surface area contributed by atoms with Gasteiger partial charge in [-0.05, 0) is 42.8 Å². The number of sulfonamides is 1. The summed E-state index contributed by atoms with van der Waals surface area (Å²) in [6.45, 7) is 3.04. The van der Waals surface area contributed by atoms with Crippen LogP contribution in [0, 0.1) is 0 Å². The number of benzene rings is 2. The molecule has 1 N–H and O–H groups in total. The molecule has 0 saturated heterocycles. The van der Waals surface area contributed by atoms with Gasteiger partial charge in [-0.25, -0.2) is 13.1 Å². The molecular formula is C22H29N3O5S. The molecule has 2 rings (SSSR count). The van der Waals surface area contributed by atoms with Crippen LogP contribution in [0.2, 0.25) is 0 Å². The molecule has 0 radical (unpaired) electrons. The third kappa shape index (κ3) is 6.61. The van der Waals surface area contributed by atoms with Gasteiger partial charge in [-0.2, -0.15) is 0 Å². The molecule has 0 aliphatic rings. The van der Waals surface area contributed by atoms with Crippen LogP contribution in [-0.2, 0) is 21.3 Å². The molecular weight excluding hydrogens is 418 g/mol. The Balaban J connectivity index is 2.16. The lowest BCUT2D eigenvalue weighted by Gasteiger charge is -2.21. The number of nitrogens with one attached hydrogen (secondary N) is 1. The Morgan fingerprint density at radius 3 is 2.26 bits per heavy atom. The summed E-state index contributed by atoms with van der Waals surface area (Å²) in [6.07, 6.45) is 0. The van der Waals surface area contributed by atoms with Gasteiger partial charge in [-0.3, -0.25) is 9.59 Å². The van der Waals surface area contributed by atoms with E-state index in [0.29, 0.717) is 18.7 Å². The first-order valence-corrected chi connectivity index (χ1v) is 11.4. The highest BCUT2D eigenvalue weighted by Gasteiger charge is 2.19. The minimum Gasteiger partial charge on any atom is -0.383 e. The Bertz CT molecular complexity index is 1000. The smallest absolute Gasteiger partial charge is 0.254 e. The summed E-state index contributed by atoms with van der Waals surface area (Å²) in [5.41, 5.74) is 1.73. The number of carbonyl (C=O) groups excluding carboxylic acids is 2. The quantitative estimate of drug-likeness (QED) is 0.562. The lowest BCUT2D eigenvalue weighted by Crippen LogP contribution is -2.31. The Hall–Kier alpha value is -2.75. The minimum atomic E-state index is -3.74. The average Bonchev–Trinajstić information content (AvgIpc) is 2.77. The molecule has 0 heterocycles. The second-order valence-corrected chi connectivity index (χ2v) is 8.90. The lowest BCUT2D eigenvalue weighted by atomic mass is 10.1. The summed E-state index contributed by atoms with van der Waals surface area (Å²) in [7, 11) is 1.13. The summed E-state index contributed by atoms with van der Waals surface area (Å²) in [6, 6.07) is 13.1. The fourth-order valence-corrected chi connectivity index (χ4v) is 3.96. The topological polar surface area (TPSA) is 96.0 Å². The fraction of sp³-hybridized carbons (Fsp3) is 0.364. The number of amides is 2. The number of methoxy groups -OCH3 is 1. The largest absolute Gasteiger partial charge is 0.383 e. The molecule has 2 aromatic rings. The maximum Gasteiger partial charge on any atom is 0.254 e. The van der Waals surface area contributed by atoms with Crippen LogP contribution in [-0.4, -0.2) is 70.9 Å². The highest BCUT2D eigenvalue weighted by molar-refractivity contribution is 7.89. The van der Waals surface area contributed by atoms with Gasteiger partial charge in [-0.15, -0.1) is 0 Å². The molecule has 0 aliphatic carbocycles. The minimum absolute atomic E-state index is 0.0251. The average molecular weight is 448 g/mol. The third-order valence-corrected chi connectivity index (χ3v) is 6.10. The lowest BCUT2D eigenvalue weighted by molar-refractivity contribution is 0.0751. The van der Waals surface area contributed by atoms with Gasteiger partial charge in [0, 0.05) is 52.0 Å². The van der Waals surface area contributed by atoms with Crippen LogP contribution in [0.15, 0.2) is 53.4 Å². The summed E-state index contributed by atoms with van der Waals surface area (Å²) >= 11 is 0. The van der Waals surface area contributed by atoms with Crippen molar-refractivity contribution >= 4 is 21.8 Å². The zero-order valence-corrected chi connectivity index (χ0v) is 19.1. The molecule has 0 spiro atoms. The second-order valence-electron chi connectivity index (χ2n) is 7.13. The number of hydrogen-bond donors (Lipinski definition) is 1. The van der Waals surface area contributed by atoms with Crippen LogP contribution < -0.4 is 4.72 Å². The standard InChI is InChI=1S/C22H29N3O5S/c1-5-25(16-17-9-11-18(12-10-17)21(26)24(2)3)22(27)19-7-6-8-20(15-19)31(28,29)23-13-14-30-4/h6-12,15,23H,5,13-14,16H2,1-4H3. The van der Waals surface area contributed by atoms with E-state index in [9.17, 15) is 18.0 Å². The van der Waals surface area contributed by atoms with E-state index in [-0.39, 0.29) is 35.4 Å². The van der Waals surface area contributed by atoms with Gasteiger partial charge in [0.05, 0.1) is 11.5 Å². The molecule has 0 aromatic heterocycles. The maximum absolute atomic E-state index is 13.0. The van der Waals surface area contributed by atoms with Crippen LogP contribution in [0.4, 0.5) is 0 Å². The van der Waals surface area contributed by atoms with E-state index in [1.165, 1.54) is 24.1 Å². The Kier molecular flexibility index (Phi) is 8.73. The molecule has 0 fully saturated rings. The van der Waals surface area contributed by atoms with Gasteiger partial charge in [0.1, 0.15) is 0 Å². The van der Waals surface area contributed by atoms with Crippen LogP contribution in [0.1, 0.15) is 33.2 Å². The molecule has 8 nitrogen and oxygen atoms in total. The van der Waals surface area contributed by atoms with Gasteiger partial charge < -0.3 is 14.5 Å². The molecule has 0 bridgehead atoms. The number of carbonyl (C=O) groups is 2. The van der Waals surface area contributed by atoms with Crippen molar-refractivity contribution in [3.05, 3.63) is 65.2 Å². The Morgan fingerprint density at radius 1 is 1.00 bits per heavy atom. The van der Waals surface area contributed by atoms with Crippen LogP contribution in [0.25, 0.3) is 0 Å². The predicted molar refractivity (Wildman–Crippen MR) is 118 cm³/mol. The Morgan fingerprint density at radius 2 is 1.68 bits per heavy atom. The fourth-order valence-electron chi connectivity index (χ4n) is 2.90. The van der Waals surface area contributed by atoms with Gasteiger partial charge in [0.15, 0.2) is 0 Å². The molecule has 0 atom stereocenters. The zero-order valence-electron chi connectivity index (χ0n) is 18.3. The van der Waals surface area contributed by atoms with E-state index in [4.69, 9.17) is 4.74 Å². The molecule has 9 heteroatoms. The van der Waals surface area contributed by atoms with Crippen molar-refractivity contribution in [3.8, 4) is 0 Å². The molecule has 2 amide bonds. The number of ether oxygens (including phenoxy) is 1. The van der Waals surface area contributed by atoms with Gasteiger partial charge in [-0.1, -0.05) is 18.2 Å². The van der Waals surface area contributed by atoms with Crippen molar-refractivity contribution < 1.29 is 22.7 Å². The molecule has 0 aliphatic heterocycles. The highest BCUT2D eigenvalue weighted by atomic mass is 32.2. The second kappa shape index (κ2) is 11.0. The predicted octanol–water partition coefficient (Wildman–Crippen LogP) is 1.98. The van der Waals surface area contributed by atoms with Crippen molar-refractivity contribution in [2.75, 3.05) is 40.9 Å². The van der Waals surface area contributed by atoms with E-state index in [1.807, 2.05) is 19.1 Å². The third-order valence-electron chi connectivity index (χ3n) is 4.64. The van der Waals surface area contributed by atoms with E-state index in [0.717, 1.165) is 5.56 Å². The first-order valence-electron chi connectivity index (χ1n) is 9.88. The Labute approximate surface area is 183 Å².